The molecular formula is C27H27ClN4O5S. The van der Waals surface area contributed by atoms with Gasteiger partial charge in [0, 0.05) is 12.0 Å². The van der Waals surface area contributed by atoms with Gasteiger partial charge in [0.1, 0.15) is 5.82 Å². The lowest BCUT2D eigenvalue weighted by Crippen LogP contribution is -2.25. The summed E-state index contributed by atoms with van der Waals surface area (Å²) in [6, 6.07) is 18.3. The first kappa shape index (κ1) is 27.3. The number of hydrogen-bond acceptors (Lipinski definition) is 6. The third kappa shape index (κ3) is 5.72. The van der Waals surface area contributed by atoms with Crippen LogP contribution in [-0.2, 0) is 27.7 Å². The van der Waals surface area contributed by atoms with Crippen LogP contribution in [0.5, 0.6) is 0 Å². The largest absolute Gasteiger partial charge is 0.465 e. The van der Waals surface area contributed by atoms with Gasteiger partial charge in [-0.1, -0.05) is 67.4 Å². The molecule has 0 bridgehead atoms. The van der Waals surface area contributed by atoms with Gasteiger partial charge in [-0.25, -0.2) is 23.1 Å². The highest BCUT2D eigenvalue weighted by molar-refractivity contribution is 7.89. The number of carbonyl (C=O) groups is 1. The Bertz CT molecular complexity index is 1640. The van der Waals surface area contributed by atoms with Crippen molar-refractivity contribution in [2.24, 2.45) is 5.14 Å². The van der Waals surface area contributed by atoms with E-state index in [1.807, 2.05) is 19.1 Å². The van der Waals surface area contributed by atoms with E-state index in [0.717, 1.165) is 18.4 Å². The summed E-state index contributed by atoms with van der Waals surface area (Å²) in [7, 11) is -2.62. The summed E-state index contributed by atoms with van der Waals surface area (Å²) in [5.74, 6) is 0.0331. The molecule has 0 radical (unpaired) electrons. The fourth-order valence-corrected chi connectivity index (χ4v) is 5.08. The predicted octanol–water partition coefficient (Wildman–Crippen LogP) is 4.18. The van der Waals surface area contributed by atoms with E-state index in [2.05, 4.69) is 5.10 Å². The highest BCUT2D eigenvalue weighted by Crippen LogP contribution is 2.27. The fourth-order valence-electron chi connectivity index (χ4n) is 4.12. The molecule has 9 nitrogen and oxygen atoms in total. The molecule has 0 spiro atoms. The monoisotopic (exact) mass is 554 g/mol. The first-order chi connectivity index (χ1) is 18.1. The molecule has 0 saturated carbocycles. The predicted molar refractivity (Wildman–Crippen MR) is 145 cm³/mol. The second kappa shape index (κ2) is 11.3. The topological polar surface area (TPSA) is 126 Å². The van der Waals surface area contributed by atoms with Crippen molar-refractivity contribution in [2.45, 2.75) is 37.6 Å². The molecule has 0 aliphatic rings. The molecule has 4 rings (SSSR count). The molecule has 0 fully saturated rings. The van der Waals surface area contributed by atoms with Crippen molar-refractivity contribution < 1.29 is 17.9 Å². The Kier molecular flexibility index (Phi) is 8.15. The number of aromatic nitrogens is 3. The molecule has 0 aliphatic heterocycles. The maximum atomic E-state index is 13.5. The molecule has 1 aromatic heterocycles. The zero-order valence-corrected chi connectivity index (χ0v) is 22.5. The first-order valence-electron chi connectivity index (χ1n) is 11.9. The van der Waals surface area contributed by atoms with E-state index in [4.69, 9.17) is 21.5 Å². The molecule has 0 saturated heterocycles. The van der Waals surface area contributed by atoms with Crippen LogP contribution >= 0.6 is 11.6 Å². The third-order valence-electron chi connectivity index (χ3n) is 6.09. The van der Waals surface area contributed by atoms with Crippen molar-refractivity contribution in [3.8, 4) is 16.8 Å². The number of aryl methyl sites for hydroxylation is 1. The van der Waals surface area contributed by atoms with Crippen LogP contribution in [0.1, 0.15) is 41.5 Å². The van der Waals surface area contributed by atoms with Crippen LogP contribution in [0, 0.1) is 0 Å². The smallest absolute Gasteiger partial charge is 0.351 e. The number of ether oxygens (including phenoxy) is 1. The molecule has 2 N–H and O–H groups in total. The Balaban J connectivity index is 1.72. The second-order valence-electron chi connectivity index (χ2n) is 8.70. The van der Waals surface area contributed by atoms with Crippen molar-refractivity contribution >= 4 is 27.6 Å². The van der Waals surface area contributed by atoms with Crippen molar-refractivity contribution in [2.75, 3.05) is 7.11 Å². The number of carbonyl (C=O) groups excluding carboxylic acids is 1. The quantitative estimate of drug-likeness (QED) is 0.309. The molecule has 0 amide bonds. The molecule has 1 heterocycles. The minimum atomic E-state index is -3.89. The van der Waals surface area contributed by atoms with E-state index in [0.29, 0.717) is 23.4 Å². The van der Waals surface area contributed by atoms with E-state index in [1.54, 1.807) is 34.9 Å². The number of sulfonamides is 1. The van der Waals surface area contributed by atoms with Gasteiger partial charge in [0.2, 0.25) is 10.0 Å². The number of primary sulfonamides is 1. The summed E-state index contributed by atoms with van der Waals surface area (Å²) in [4.78, 5) is 25.6. The van der Waals surface area contributed by atoms with E-state index < -0.39 is 21.7 Å². The Hall–Kier alpha value is -3.73. The van der Waals surface area contributed by atoms with E-state index in [-0.39, 0.29) is 27.7 Å². The molecule has 38 heavy (non-hydrogen) atoms. The van der Waals surface area contributed by atoms with Gasteiger partial charge in [-0.15, -0.1) is 5.10 Å². The fraction of sp³-hybridized carbons (Fsp3) is 0.222. The van der Waals surface area contributed by atoms with Crippen LogP contribution in [0.15, 0.2) is 76.4 Å². The van der Waals surface area contributed by atoms with Crippen molar-refractivity contribution in [1.29, 1.82) is 0 Å². The number of halogens is 1. The van der Waals surface area contributed by atoms with E-state index in [9.17, 15) is 18.0 Å². The summed E-state index contributed by atoms with van der Waals surface area (Å²) in [6.07, 6.45) is 2.32. The molecule has 3 aromatic carbocycles. The minimum absolute atomic E-state index is 0.0400. The number of hydrogen-bond donors (Lipinski definition) is 1. The van der Waals surface area contributed by atoms with Gasteiger partial charge in [-0.2, -0.15) is 4.68 Å². The Labute approximate surface area is 225 Å². The van der Waals surface area contributed by atoms with Gasteiger partial charge in [-0.3, -0.25) is 4.57 Å². The number of unbranched alkanes of at least 4 members (excludes halogenated alkanes) is 1. The maximum Gasteiger partial charge on any atom is 0.351 e. The van der Waals surface area contributed by atoms with E-state index >= 15 is 0 Å². The number of rotatable bonds is 9. The molecule has 11 heteroatoms. The summed E-state index contributed by atoms with van der Waals surface area (Å²) in [5, 5.41) is 10.2. The lowest BCUT2D eigenvalue weighted by Gasteiger charge is -2.10. The second-order valence-corrected chi connectivity index (χ2v) is 10.6. The number of methoxy groups -OCH3 is 1. The van der Waals surface area contributed by atoms with Crippen LogP contribution in [0.2, 0.25) is 5.02 Å². The van der Waals surface area contributed by atoms with Crippen LogP contribution in [0.4, 0.5) is 0 Å². The van der Waals surface area contributed by atoms with Crippen molar-refractivity contribution in [1.82, 2.24) is 14.3 Å². The highest BCUT2D eigenvalue weighted by atomic mass is 35.5. The average Bonchev–Trinajstić information content (AvgIpc) is 3.21. The zero-order valence-electron chi connectivity index (χ0n) is 20.9. The van der Waals surface area contributed by atoms with Gasteiger partial charge in [-0.05, 0) is 41.8 Å². The summed E-state index contributed by atoms with van der Waals surface area (Å²) in [5.41, 5.74) is 2.12. The first-order valence-corrected chi connectivity index (χ1v) is 13.8. The normalized spacial score (nSPS) is 11.5. The number of benzene rings is 3. The van der Waals surface area contributed by atoms with Crippen LogP contribution in [0.25, 0.3) is 16.8 Å². The van der Waals surface area contributed by atoms with Gasteiger partial charge in [0.05, 0.1) is 34.8 Å². The highest BCUT2D eigenvalue weighted by Gasteiger charge is 2.19. The van der Waals surface area contributed by atoms with Gasteiger partial charge in [0.25, 0.3) is 0 Å². The maximum absolute atomic E-state index is 13.5. The summed E-state index contributed by atoms with van der Waals surface area (Å²) >= 11 is 6.38. The molecule has 198 valence electrons. The Morgan fingerprint density at radius 1 is 1.08 bits per heavy atom. The van der Waals surface area contributed by atoms with Crippen LogP contribution < -0.4 is 10.8 Å². The van der Waals surface area contributed by atoms with Crippen LogP contribution in [-0.4, -0.2) is 35.8 Å². The van der Waals surface area contributed by atoms with Crippen molar-refractivity contribution in [3.63, 3.8) is 0 Å². The van der Waals surface area contributed by atoms with E-state index in [1.165, 1.54) is 36.1 Å². The van der Waals surface area contributed by atoms with Crippen LogP contribution in [0.3, 0.4) is 0 Å². The molecule has 0 unspecified atom stereocenters. The number of nitrogens with two attached hydrogens (primary N) is 1. The summed E-state index contributed by atoms with van der Waals surface area (Å²) in [6.45, 7) is 2.29. The van der Waals surface area contributed by atoms with Crippen molar-refractivity contribution in [3.05, 3.63) is 99.2 Å². The molecule has 0 atom stereocenters. The average molecular weight is 555 g/mol. The van der Waals surface area contributed by atoms with Gasteiger partial charge < -0.3 is 4.74 Å². The number of esters is 1. The van der Waals surface area contributed by atoms with Gasteiger partial charge >= 0.3 is 11.7 Å². The zero-order chi connectivity index (χ0) is 27.4. The SMILES string of the molecule is CCCCc1nn(-c2cc(C(=O)OC)ccc2Cl)c(=O)n1Cc1ccc(-c2ccccc2S(N)(=O)=O)cc1. The minimum Gasteiger partial charge on any atom is -0.465 e. The number of nitrogens with zero attached hydrogens (tertiary/aromatic N) is 3. The third-order valence-corrected chi connectivity index (χ3v) is 7.38. The summed E-state index contributed by atoms with van der Waals surface area (Å²) < 4.78 is 31.6. The Morgan fingerprint density at radius 2 is 1.79 bits per heavy atom. The lowest BCUT2D eigenvalue weighted by molar-refractivity contribution is 0.0600. The Morgan fingerprint density at radius 3 is 2.45 bits per heavy atom. The molecule has 4 aromatic rings. The van der Waals surface area contributed by atoms with Gasteiger partial charge in [0.15, 0.2) is 0 Å². The lowest BCUT2D eigenvalue weighted by atomic mass is 10.0. The molecule has 0 aliphatic carbocycles. The standard InChI is InChI=1S/C27H27ClN4O5S/c1-3-4-9-25-30-32(23-16-20(26(33)37-2)14-15-22(23)28)27(34)31(25)17-18-10-12-19(13-11-18)21-7-5-6-8-24(21)38(29,35)36/h5-8,10-16H,3-4,9,17H2,1-2H3,(H2,29,35,36). The molecular weight excluding hydrogens is 528 g/mol.